The molecule has 3 aromatic carbocycles. The summed E-state index contributed by atoms with van der Waals surface area (Å²) in [6.45, 7) is 0.391. The number of benzene rings is 3. The van der Waals surface area contributed by atoms with Gasteiger partial charge in [0.2, 0.25) is 0 Å². The van der Waals surface area contributed by atoms with Crippen LogP contribution in [0.4, 0.5) is 4.79 Å². The summed E-state index contributed by atoms with van der Waals surface area (Å²) in [6.07, 6.45) is -2.37. The van der Waals surface area contributed by atoms with Crippen molar-refractivity contribution in [2.24, 2.45) is 0 Å². The molecule has 3 N–H and O–H groups in total. The van der Waals surface area contributed by atoms with Gasteiger partial charge in [0.25, 0.3) is 0 Å². The first-order valence-electron chi connectivity index (χ1n) is 9.84. The minimum atomic E-state index is -1.03. The average Bonchev–Trinajstić information content (AvgIpc) is 3.15. The molecule has 0 saturated heterocycles. The monoisotopic (exact) mass is 421 g/mol. The summed E-state index contributed by atoms with van der Waals surface area (Å²) >= 11 is 1.70. The summed E-state index contributed by atoms with van der Waals surface area (Å²) in [7, 11) is 0. The van der Waals surface area contributed by atoms with Crippen LogP contribution >= 0.6 is 11.3 Å². The Balaban J connectivity index is 1.31. The molecule has 1 amide bonds. The van der Waals surface area contributed by atoms with E-state index >= 15 is 0 Å². The third kappa shape index (κ3) is 4.62. The van der Waals surface area contributed by atoms with Crippen molar-refractivity contribution in [1.29, 1.82) is 0 Å². The number of aliphatic hydroxyl groups is 2. The highest BCUT2D eigenvalue weighted by Gasteiger charge is 2.19. The third-order valence-electron chi connectivity index (χ3n) is 5.03. The normalized spacial score (nSPS) is 13.3. The molecular formula is C24H23NO4S. The lowest BCUT2D eigenvalue weighted by Crippen LogP contribution is -2.29. The van der Waals surface area contributed by atoms with E-state index in [2.05, 4.69) is 17.4 Å². The number of ether oxygens (including phenoxy) is 1. The first kappa shape index (κ1) is 20.3. The van der Waals surface area contributed by atoms with Gasteiger partial charge in [0.1, 0.15) is 12.7 Å². The maximum absolute atomic E-state index is 11.8. The Morgan fingerprint density at radius 3 is 2.50 bits per heavy atom. The minimum Gasteiger partial charge on any atom is -0.445 e. The van der Waals surface area contributed by atoms with Gasteiger partial charge in [-0.05, 0) is 35.7 Å². The van der Waals surface area contributed by atoms with Crippen LogP contribution in [-0.4, -0.2) is 29.0 Å². The van der Waals surface area contributed by atoms with Crippen LogP contribution in [0.2, 0.25) is 0 Å². The molecule has 4 rings (SSSR count). The molecule has 5 nitrogen and oxygen atoms in total. The Morgan fingerprint density at radius 1 is 0.933 bits per heavy atom. The lowest BCUT2D eigenvalue weighted by Gasteiger charge is -2.18. The number of carbonyl (C=O) groups is 1. The Hall–Kier alpha value is -2.93. The number of nitrogens with one attached hydrogen (secondary N) is 1. The number of aliphatic hydroxyl groups excluding tert-OH is 2. The van der Waals surface area contributed by atoms with E-state index < -0.39 is 18.3 Å². The minimum absolute atomic E-state index is 0.187. The summed E-state index contributed by atoms with van der Waals surface area (Å²) < 4.78 is 7.48. The second-order valence-corrected chi connectivity index (χ2v) is 8.23. The van der Waals surface area contributed by atoms with Crippen molar-refractivity contribution in [2.45, 2.75) is 25.2 Å². The second kappa shape index (κ2) is 9.26. The SMILES string of the molecule is O=C(NCCC(O)C(O)c1ccc2sc3ccccc3c2c1)OCc1ccccc1. The number of rotatable bonds is 7. The van der Waals surface area contributed by atoms with Gasteiger partial charge in [-0.2, -0.15) is 0 Å². The third-order valence-corrected chi connectivity index (χ3v) is 6.18. The summed E-state index contributed by atoms with van der Waals surface area (Å²) in [6, 6.07) is 23.3. The lowest BCUT2D eigenvalue weighted by atomic mass is 10.00. The first-order chi connectivity index (χ1) is 14.6. The lowest BCUT2D eigenvalue weighted by molar-refractivity contribution is 0.0137. The molecule has 6 heteroatoms. The highest BCUT2D eigenvalue weighted by molar-refractivity contribution is 7.25. The zero-order valence-corrected chi connectivity index (χ0v) is 17.1. The van der Waals surface area contributed by atoms with Gasteiger partial charge in [-0.25, -0.2) is 4.79 Å². The van der Waals surface area contributed by atoms with Crippen molar-refractivity contribution >= 4 is 37.6 Å². The summed E-state index contributed by atoms with van der Waals surface area (Å²) in [4.78, 5) is 11.8. The van der Waals surface area contributed by atoms with Crippen molar-refractivity contribution in [3.8, 4) is 0 Å². The zero-order chi connectivity index (χ0) is 20.9. The van der Waals surface area contributed by atoms with E-state index in [1.165, 1.54) is 4.70 Å². The fourth-order valence-electron chi connectivity index (χ4n) is 3.40. The topological polar surface area (TPSA) is 78.8 Å². The molecule has 1 heterocycles. The van der Waals surface area contributed by atoms with Gasteiger partial charge >= 0.3 is 6.09 Å². The molecular weight excluding hydrogens is 398 g/mol. The maximum Gasteiger partial charge on any atom is 0.407 e. The highest BCUT2D eigenvalue weighted by atomic mass is 32.1. The molecule has 0 aliphatic rings. The molecule has 0 bridgehead atoms. The number of amides is 1. The molecule has 2 atom stereocenters. The molecule has 2 unspecified atom stereocenters. The van der Waals surface area contributed by atoms with Crippen LogP contribution in [0.5, 0.6) is 0 Å². The van der Waals surface area contributed by atoms with Crippen LogP contribution in [-0.2, 0) is 11.3 Å². The Kier molecular flexibility index (Phi) is 6.28. The fraction of sp³-hybridized carbons (Fsp3) is 0.208. The summed E-state index contributed by atoms with van der Waals surface area (Å²) in [5.41, 5.74) is 1.56. The van der Waals surface area contributed by atoms with E-state index in [0.29, 0.717) is 5.56 Å². The quantitative estimate of drug-likeness (QED) is 0.402. The van der Waals surface area contributed by atoms with Crippen molar-refractivity contribution in [3.63, 3.8) is 0 Å². The predicted octanol–water partition coefficient (Wildman–Crippen LogP) is 4.77. The van der Waals surface area contributed by atoms with E-state index in [0.717, 1.165) is 21.0 Å². The van der Waals surface area contributed by atoms with Crippen LogP contribution in [0.1, 0.15) is 23.7 Å². The van der Waals surface area contributed by atoms with Gasteiger partial charge < -0.3 is 20.3 Å². The van der Waals surface area contributed by atoms with Gasteiger partial charge in [0, 0.05) is 26.7 Å². The van der Waals surface area contributed by atoms with Crippen LogP contribution in [0.15, 0.2) is 72.8 Å². The predicted molar refractivity (Wildman–Crippen MR) is 120 cm³/mol. The van der Waals surface area contributed by atoms with E-state index in [1.54, 1.807) is 11.3 Å². The van der Waals surface area contributed by atoms with Gasteiger partial charge in [-0.1, -0.05) is 54.6 Å². The molecule has 0 spiro atoms. The van der Waals surface area contributed by atoms with Crippen LogP contribution < -0.4 is 5.32 Å². The van der Waals surface area contributed by atoms with Crippen LogP contribution in [0, 0.1) is 0 Å². The number of hydrogen-bond donors (Lipinski definition) is 3. The Bertz CT molecular complexity index is 1140. The van der Waals surface area contributed by atoms with Crippen molar-refractivity contribution in [3.05, 3.63) is 83.9 Å². The fourth-order valence-corrected chi connectivity index (χ4v) is 4.49. The number of hydrogen-bond acceptors (Lipinski definition) is 5. The summed E-state index contributed by atoms with van der Waals surface area (Å²) in [5.74, 6) is 0. The number of fused-ring (bicyclic) bond motifs is 3. The van der Waals surface area contributed by atoms with Crippen LogP contribution in [0.3, 0.4) is 0 Å². The highest BCUT2D eigenvalue weighted by Crippen LogP contribution is 2.35. The van der Waals surface area contributed by atoms with Gasteiger partial charge in [-0.15, -0.1) is 11.3 Å². The van der Waals surface area contributed by atoms with Gasteiger partial charge in [0.15, 0.2) is 0 Å². The van der Waals surface area contributed by atoms with E-state index in [1.807, 2.05) is 60.7 Å². The summed E-state index contributed by atoms with van der Waals surface area (Å²) in [5, 5.41) is 25.8. The molecule has 0 radical (unpaired) electrons. The van der Waals surface area contributed by atoms with Crippen molar-refractivity contribution in [1.82, 2.24) is 5.32 Å². The second-order valence-electron chi connectivity index (χ2n) is 7.14. The Labute approximate surface area is 178 Å². The molecule has 0 aliphatic carbocycles. The van der Waals surface area contributed by atoms with Gasteiger partial charge in [0.05, 0.1) is 6.10 Å². The van der Waals surface area contributed by atoms with E-state index in [4.69, 9.17) is 4.74 Å². The maximum atomic E-state index is 11.8. The van der Waals surface area contributed by atoms with E-state index in [-0.39, 0.29) is 19.6 Å². The smallest absolute Gasteiger partial charge is 0.407 e. The van der Waals surface area contributed by atoms with E-state index in [9.17, 15) is 15.0 Å². The van der Waals surface area contributed by atoms with Crippen LogP contribution in [0.25, 0.3) is 20.2 Å². The molecule has 0 saturated carbocycles. The molecule has 0 fully saturated rings. The molecule has 0 aliphatic heterocycles. The number of thiophene rings is 1. The first-order valence-corrected chi connectivity index (χ1v) is 10.7. The average molecular weight is 422 g/mol. The van der Waals surface area contributed by atoms with Crippen molar-refractivity contribution < 1.29 is 19.7 Å². The van der Waals surface area contributed by atoms with Crippen molar-refractivity contribution in [2.75, 3.05) is 6.54 Å². The molecule has 4 aromatic rings. The number of carbonyl (C=O) groups excluding carboxylic acids is 1. The van der Waals surface area contributed by atoms with Gasteiger partial charge in [-0.3, -0.25) is 0 Å². The zero-order valence-electron chi connectivity index (χ0n) is 16.3. The largest absolute Gasteiger partial charge is 0.445 e. The molecule has 30 heavy (non-hydrogen) atoms. The molecule has 154 valence electrons. The Morgan fingerprint density at radius 2 is 1.67 bits per heavy atom. The molecule has 1 aromatic heterocycles. The number of alkyl carbamates (subject to hydrolysis) is 1. The standard InChI is InChI=1S/C24H23NO4S/c26-20(12-13-25-24(28)29-15-16-6-2-1-3-7-16)23(27)17-10-11-22-19(14-17)18-8-4-5-9-21(18)30-22/h1-11,14,20,23,26-27H,12-13,15H2,(H,25,28).